The van der Waals surface area contributed by atoms with E-state index in [9.17, 15) is 0 Å². The van der Waals surface area contributed by atoms with Crippen molar-refractivity contribution in [1.29, 1.82) is 0 Å². The number of nitrogens with one attached hydrogen (secondary N) is 1. The van der Waals surface area contributed by atoms with Crippen LogP contribution in [0, 0.1) is 6.92 Å². The number of para-hydroxylation sites is 1. The van der Waals surface area contributed by atoms with Crippen LogP contribution in [-0.2, 0) is 0 Å². The Labute approximate surface area is 130 Å². The summed E-state index contributed by atoms with van der Waals surface area (Å²) in [4.78, 5) is 6.41. The van der Waals surface area contributed by atoms with Crippen molar-refractivity contribution in [1.82, 2.24) is 10.2 Å². The van der Waals surface area contributed by atoms with E-state index >= 15 is 0 Å². The second-order valence-electron chi connectivity index (χ2n) is 4.18. The molecule has 8 heteroatoms. The summed E-state index contributed by atoms with van der Waals surface area (Å²) in [6.45, 7) is 3.38. The van der Waals surface area contributed by atoms with Crippen LogP contribution >= 0.6 is 34.5 Å². The number of rotatable bonds is 2. The summed E-state index contributed by atoms with van der Waals surface area (Å²) in [6.07, 6.45) is 0. The van der Waals surface area contributed by atoms with Crippen molar-refractivity contribution >= 4 is 51.3 Å². The number of benzene rings is 1. The second-order valence-corrected chi connectivity index (χ2v) is 6.16. The molecule has 0 aliphatic carbocycles. The molecule has 0 fully saturated rings. The molecule has 104 valence electrons. The van der Waals surface area contributed by atoms with Crippen molar-refractivity contribution in [3.63, 3.8) is 0 Å². The van der Waals surface area contributed by atoms with E-state index in [1.807, 2.05) is 11.8 Å². The van der Waals surface area contributed by atoms with E-state index in [0.717, 1.165) is 16.7 Å². The third-order valence-corrected chi connectivity index (χ3v) is 4.28. The van der Waals surface area contributed by atoms with Crippen LogP contribution in [0.3, 0.4) is 0 Å². The Hall–Kier alpha value is -1.37. The van der Waals surface area contributed by atoms with Crippen molar-refractivity contribution in [3.8, 4) is 0 Å². The first kappa shape index (κ1) is 13.6. The number of aliphatic imine (C=N–C) groups is 1. The number of guanidine groups is 1. The zero-order valence-corrected chi connectivity index (χ0v) is 12.9. The fourth-order valence-electron chi connectivity index (χ4n) is 1.86. The molecule has 0 saturated carbocycles. The molecule has 0 saturated heterocycles. The van der Waals surface area contributed by atoms with Gasteiger partial charge in [-0.15, -0.1) is 10.2 Å². The van der Waals surface area contributed by atoms with Gasteiger partial charge >= 0.3 is 0 Å². The van der Waals surface area contributed by atoms with Gasteiger partial charge in [0, 0.05) is 6.54 Å². The lowest BCUT2D eigenvalue weighted by atomic mass is 10.3. The molecule has 1 N–H and O–H groups in total. The minimum atomic E-state index is 0.556. The first-order valence-electron chi connectivity index (χ1n) is 5.98. The van der Waals surface area contributed by atoms with Gasteiger partial charge in [0.25, 0.3) is 0 Å². The fourth-order valence-corrected chi connectivity index (χ4v) is 3.07. The van der Waals surface area contributed by atoms with Gasteiger partial charge in [-0.2, -0.15) is 0 Å². The second kappa shape index (κ2) is 5.55. The zero-order chi connectivity index (χ0) is 14.1. The van der Waals surface area contributed by atoms with Crippen LogP contribution in [0.5, 0.6) is 0 Å². The van der Waals surface area contributed by atoms with E-state index in [1.54, 1.807) is 18.2 Å². The topological polar surface area (TPSA) is 53.4 Å². The molecule has 0 spiro atoms. The summed E-state index contributed by atoms with van der Waals surface area (Å²) in [5.74, 6) is 0.691. The maximum Gasteiger partial charge on any atom is 0.215 e. The van der Waals surface area contributed by atoms with Gasteiger partial charge in [-0.3, -0.25) is 9.89 Å². The van der Waals surface area contributed by atoms with Crippen molar-refractivity contribution < 1.29 is 0 Å². The van der Waals surface area contributed by atoms with E-state index in [0.29, 0.717) is 28.2 Å². The molecule has 1 aromatic heterocycles. The standard InChI is InChI=1S/C12H11Cl2N5S/c1-7-17-18-12(20-7)19-6-5-15-11(19)16-10-8(13)3-2-4-9(10)14/h2-4H,5-6H2,1H3,(H,15,16). The van der Waals surface area contributed by atoms with Gasteiger partial charge in [0.05, 0.1) is 22.3 Å². The van der Waals surface area contributed by atoms with Crippen molar-refractivity contribution in [2.75, 3.05) is 23.3 Å². The van der Waals surface area contributed by atoms with Crippen LogP contribution in [0.1, 0.15) is 5.01 Å². The molecule has 0 bridgehead atoms. The maximum atomic E-state index is 6.16. The van der Waals surface area contributed by atoms with Crippen molar-refractivity contribution in [2.24, 2.45) is 4.99 Å². The number of anilines is 2. The number of hydrogen-bond acceptors (Lipinski definition) is 6. The Balaban J connectivity index is 1.87. The third-order valence-electron chi connectivity index (χ3n) is 2.79. The molecule has 3 rings (SSSR count). The lowest BCUT2D eigenvalue weighted by Gasteiger charge is -2.18. The Kier molecular flexibility index (Phi) is 3.78. The van der Waals surface area contributed by atoms with Gasteiger partial charge in [-0.1, -0.05) is 40.6 Å². The largest absolute Gasteiger partial charge is 0.323 e. The van der Waals surface area contributed by atoms with E-state index < -0.39 is 0 Å². The van der Waals surface area contributed by atoms with Gasteiger partial charge in [0.15, 0.2) is 0 Å². The summed E-state index contributed by atoms with van der Waals surface area (Å²) >= 11 is 13.8. The first-order chi connectivity index (χ1) is 9.65. The lowest BCUT2D eigenvalue weighted by molar-refractivity contribution is 0.973. The fraction of sp³-hybridized carbons (Fsp3) is 0.250. The molecule has 0 unspecified atom stereocenters. The minimum absolute atomic E-state index is 0.556. The van der Waals surface area contributed by atoms with Crippen LogP contribution in [-0.4, -0.2) is 29.2 Å². The van der Waals surface area contributed by atoms with Crippen LogP contribution in [0.25, 0.3) is 0 Å². The number of halogens is 2. The molecule has 5 nitrogen and oxygen atoms in total. The molecule has 20 heavy (non-hydrogen) atoms. The highest BCUT2D eigenvalue weighted by molar-refractivity contribution is 7.15. The molecule has 2 aromatic rings. The molecular weight excluding hydrogens is 317 g/mol. The van der Waals surface area contributed by atoms with Gasteiger partial charge in [0.1, 0.15) is 5.01 Å². The summed E-state index contributed by atoms with van der Waals surface area (Å²) in [5, 5.41) is 14.2. The number of nitrogens with zero attached hydrogens (tertiary/aromatic N) is 4. The molecule has 1 aliphatic rings. The quantitative estimate of drug-likeness (QED) is 0.917. The normalized spacial score (nSPS) is 14.6. The monoisotopic (exact) mass is 327 g/mol. The Bertz CT molecular complexity index is 649. The molecule has 2 heterocycles. The average Bonchev–Trinajstić information content (AvgIpc) is 3.02. The predicted molar refractivity (Wildman–Crippen MR) is 84.4 cm³/mol. The Morgan fingerprint density at radius 2 is 2.00 bits per heavy atom. The molecule has 0 amide bonds. The Morgan fingerprint density at radius 3 is 2.65 bits per heavy atom. The molecule has 0 atom stereocenters. The van der Waals surface area contributed by atoms with Crippen molar-refractivity contribution in [3.05, 3.63) is 33.3 Å². The number of hydrogen-bond donors (Lipinski definition) is 1. The van der Waals surface area contributed by atoms with E-state index in [1.165, 1.54) is 11.3 Å². The van der Waals surface area contributed by atoms with E-state index in [2.05, 4.69) is 20.5 Å². The third kappa shape index (κ3) is 2.59. The Morgan fingerprint density at radius 1 is 1.25 bits per heavy atom. The molecular formula is C12H11Cl2N5S. The van der Waals surface area contributed by atoms with Gasteiger partial charge in [0.2, 0.25) is 11.1 Å². The van der Waals surface area contributed by atoms with Crippen LogP contribution in [0.4, 0.5) is 10.8 Å². The van der Waals surface area contributed by atoms with Gasteiger partial charge < -0.3 is 5.32 Å². The lowest BCUT2D eigenvalue weighted by Crippen LogP contribution is -2.33. The minimum Gasteiger partial charge on any atom is -0.323 e. The number of aromatic nitrogens is 2. The van der Waals surface area contributed by atoms with Gasteiger partial charge in [-0.05, 0) is 19.1 Å². The van der Waals surface area contributed by atoms with E-state index in [-0.39, 0.29) is 0 Å². The summed E-state index contributed by atoms with van der Waals surface area (Å²) in [7, 11) is 0. The highest BCUT2D eigenvalue weighted by atomic mass is 35.5. The molecule has 1 aliphatic heterocycles. The predicted octanol–water partition coefficient (Wildman–Crippen LogP) is 3.44. The summed E-state index contributed by atoms with van der Waals surface area (Å²) < 4.78 is 0. The van der Waals surface area contributed by atoms with E-state index in [4.69, 9.17) is 23.2 Å². The van der Waals surface area contributed by atoms with Crippen LogP contribution in [0.2, 0.25) is 10.0 Å². The SMILES string of the molecule is Cc1nnc(N2CCN=C2Nc2c(Cl)cccc2Cl)s1. The average molecular weight is 328 g/mol. The smallest absolute Gasteiger partial charge is 0.215 e. The molecule has 1 aromatic carbocycles. The zero-order valence-electron chi connectivity index (χ0n) is 10.6. The van der Waals surface area contributed by atoms with Crippen LogP contribution < -0.4 is 10.2 Å². The highest BCUT2D eigenvalue weighted by Crippen LogP contribution is 2.31. The van der Waals surface area contributed by atoms with Crippen molar-refractivity contribution in [2.45, 2.75) is 6.92 Å². The molecule has 0 radical (unpaired) electrons. The van der Waals surface area contributed by atoms with Gasteiger partial charge in [-0.25, -0.2) is 0 Å². The maximum absolute atomic E-state index is 6.16. The summed E-state index contributed by atoms with van der Waals surface area (Å²) in [5.41, 5.74) is 0.655. The highest BCUT2D eigenvalue weighted by Gasteiger charge is 2.23. The van der Waals surface area contributed by atoms with Crippen LogP contribution in [0.15, 0.2) is 23.2 Å². The first-order valence-corrected chi connectivity index (χ1v) is 7.55. The number of aryl methyl sites for hydroxylation is 1. The summed E-state index contributed by atoms with van der Waals surface area (Å²) in [6, 6.07) is 5.37.